The first-order valence-electron chi connectivity index (χ1n) is 5.55. The molecule has 100 valence electrons. The first-order valence-corrected chi connectivity index (χ1v) is 5.55. The van der Waals surface area contributed by atoms with E-state index in [1.54, 1.807) is 24.3 Å². The lowest BCUT2D eigenvalue weighted by Crippen LogP contribution is -2.11. The maximum absolute atomic E-state index is 11.9. The molecule has 0 aliphatic heterocycles. The van der Waals surface area contributed by atoms with E-state index in [-0.39, 0.29) is 11.6 Å². The van der Waals surface area contributed by atoms with Gasteiger partial charge in [-0.2, -0.15) is 0 Å². The van der Waals surface area contributed by atoms with Crippen LogP contribution in [0, 0.1) is 10.1 Å². The van der Waals surface area contributed by atoms with Crippen molar-refractivity contribution in [1.82, 2.24) is 5.16 Å². The second kappa shape index (κ2) is 4.50. The predicted molar refractivity (Wildman–Crippen MR) is 67.3 cm³/mol. The van der Waals surface area contributed by atoms with Crippen LogP contribution in [-0.4, -0.2) is 16.0 Å². The van der Waals surface area contributed by atoms with Crippen molar-refractivity contribution < 1.29 is 18.7 Å². The maximum atomic E-state index is 11.9. The number of amides is 1. The van der Waals surface area contributed by atoms with E-state index in [0.717, 1.165) is 6.07 Å². The normalized spacial score (nSPS) is 10.6. The van der Waals surface area contributed by atoms with Crippen LogP contribution in [0.3, 0.4) is 0 Å². The highest BCUT2D eigenvalue weighted by molar-refractivity contribution is 6.06. The smallest absolute Gasteiger partial charge is 0.395 e. The zero-order valence-corrected chi connectivity index (χ0v) is 9.90. The summed E-state index contributed by atoms with van der Waals surface area (Å²) < 4.78 is 9.82. The van der Waals surface area contributed by atoms with Crippen LogP contribution < -0.4 is 5.32 Å². The van der Waals surface area contributed by atoms with Gasteiger partial charge in [0.25, 0.3) is 5.91 Å². The van der Waals surface area contributed by atoms with Crippen molar-refractivity contribution in [2.75, 3.05) is 5.32 Å². The minimum Gasteiger partial charge on any atom is -0.395 e. The fourth-order valence-electron chi connectivity index (χ4n) is 1.69. The standard InChI is InChI=1S/C12H7N3O5/c16-12(9-5-6-10(19-9)15(17)18)13-11-7-3-1-2-4-8(7)20-14-11/h1-6H,(H,13,14,16). The van der Waals surface area contributed by atoms with Gasteiger partial charge < -0.3 is 14.3 Å². The van der Waals surface area contributed by atoms with Crippen molar-refractivity contribution in [3.63, 3.8) is 0 Å². The Labute approximate surface area is 111 Å². The van der Waals surface area contributed by atoms with Gasteiger partial charge in [0.15, 0.2) is 17.2 Å². The number of hydrogen-bond acceptors (Lipinski definition) is 6. The molecular weight excluding hydrogens is 266 g/mol. The molecule has 3 aromatic rings. The molecule has 1 amide bonds. The van der Waals surface area contributed by atoms with Gasteiger partial charge in [-0.25, -0.2) is 0 Å². The lowest BCUT2D eigenvalue weighted by molar-refractivity contribution is -0.402. The highest BCUT2D eigenvalue weighted by Crippen LogP contribution is 2.23. The van der Waals surface area contributed by atoms with Gasteiger partial charge in [0.2, 0.25) is 0 Å². The average Bonchev–Trinajstić information content (AvgIpc) is 3.06. The van der Waals surface area contributed by atoms with Crippen molar-refractivity contribution >= 4 is 28.6 Å². The number of rotatable bonds is 3. The molecule has 0 unspecified atom stereocenters. The number of carbonyl (C=O) groups excluding carboxylic acids is 1. The van der Waals surface area contributed by atoms with E-state index >= 15 is 0 Å². The number of furan rings is 1. The Balaban J connectivity index is 1.86. The van der Waals surface area contributed by atoms with Gasteiger partial charge in [-0.05, 0) is 18.2 Å². The summed E-state index contributed by atoms with van der Waals surface area (Å²) in [5.74, 6) is -1.09. The Morgan fingerprint density at radius 1 is 1.25 bits per heavy atom. The fraction of sp³-hybridized carbons (Fsp3) is 0. The summed E-state index contributed by atoms with van der Waals surface area (Å²) in [6, 6.07) is 9.30. The molecule has 0 saturated carbocycles. The van der Waals surface area contributed by atoms with Crippen molar-refractivity contribution in [2.24, 2.45) is 0 Å². The Hall–Kier alpha value is -3.16. The van der Waals surface area contributed by atoms with Gasteiger partial charge in [-0.3, -0.25) is 14.9 Å². The molecule has 3 rings (SSSR count). The number of carbonyl (C=O) groups is 1. The third kappa shape index (κ3) is 1.99. The monoisotopic (exact) mass is 273 g/mol. The van der Waals surface area contributed by atoms with E-state index in [4.69, 9.17) is 8.94 Å². The summed E-state index contributed by atoms with van der Waals surface area (Å²) >= 11 is 0. The number of para-hydroxylation sites is 1. The summed E-state index contributed by atoms with van der Waals surface area (Å²) in [4.78, 5) is 21.6. The van der Waals surface area contributed by atoms with E-state index in [0.29, 0.717) is 11.0 Å². The molecule has 0 spiro atoms. The minimum atomic E-state index is -0.720. The topological polar surface area (TPSA) is 111 Å². The number of fused-ring (bicyclic) bond motifs is 1. The van der Waals surface area contributed by atoms with Crippen LogP contribution in [-0.2, 0) is 0 Å². The Kier molecular flexibility index (Phi) is 2.68. The molecule has 8 heteroatoms. The molecule has 0 atom stereocenters. The first-order chi connectivity index (χ1) is 9.65. The molecule has 2 aromatic heterocycles. The van der Waals surface area contributed by atoms with Crippen LogP contribution in [0.1, 0.15) is 10.6 Å². The van der Waals surface area contributed by atoms with Gasteiger partial charge in [0, 0.05) is 0 Å². The molecule has 0 fully saturated rings. The lowest BCUT2D eigenvalue weighted by atomic mass is 10.2. The molecule has 8 nitrogen and oxygen atoms in total. The van der Waals surface area contributed by atoms with Crippen LogP contribution in [0.15, 0.2) is 45.3 Å². The largest absolute Gasteiger partial charge is 0.433 e. The summed E-state index contributed by atoms with van der Waals surface area (Å²) in [5, 5.41) is 17.3. The molecule has 0 aliphatic rings. The van der Waals surface area contributed by atoms with Gasteiger partial charge in [0.1, 0.15) is 4.92 Å². The van der Waals surface area contributed by atoms with Crippen LogP contribution >= 0.6 is 0 Å². The number of benzene rings is 1. The summed E-state index contributed by atoms with van der Waals surface area (Å²) in [5.41, 5.74) is 0.522. The Morgan fingerprint density at radius 3 is 2.80 bits per heavy atom. The molecule has 0 saturated heterocycles. The number of nitrogens with zero attached hydrogens (tertiary/aromatic N) is 2. The molecule has 0 bridgehead atoms. The zero-order valence-electron chi connectivity index (χ0n) is 9.90. The third-order valence-electron chi connectivity index (χ3n) is 2.60. The molecule has 1 aromatic carbocycles. The predicted octanol–water partition coefficient (Wildman–Crippen LogP) is 2.58. The van der Waals surface area contributed by atoms with E-state index < -0.39 is 16.7 Å². The zero-order chi connectivity index (χ0) is 14.1. The molecule has 20 heavy (non-hydrogen) atoms. The first kappa shape index (κ1) is 11.9. The minimum absolute atomic E-state index is 0.177. The number of nitro groups is 1. The number of aromatic nitrogens is 1. The third-order valence-corrected chi connectivity index (χ3v) is 2.60. The lowest BCUT2D eigenvalue weighted by Gasteiger charge is -1.97. The number of hydrogen-bond donors (Lipinski definition) is 1. The second-order valence-electron chi connectivity index (χ2n) is 3.88. The van der Waals surface area contributed by atoms with E-state index in [9.17, 15) is 14.9 Å². The quantitative estimate of drug-likeness (QED) is 0.579. The Bertz CT molecular complexity index is 804. The van der Waals surface area contributed by atoms with Crippen molar-refractivity contribution in [3.05, 3.63) is 52.3 Å². The van der Waals surface area contributed by atoms with Gasteiger partial charge >= 0.3 is 5.88 Å². The highest BCUT2D eigenvalue weighted by atomic mass is 16.6. The average molecular weight is 273 g/mol. The van der Waals surface area contributed by atoms with Crippen LogP contribution in [0.2, 0.25) is 0 Å². The van der Waals surface area contributed by atoms with Crippen molar-refractivity contribution in [2.45, 2.75) is 0 Å². The molecule has 0 aliphatic carbocycles. The van der Waals surface area contributed by atoms with E-state index in [1.165, 1.54) is 6.07 Å². The molecular formula is C12H7N3O5. The van der Waals surface area contributed by atoms with Gasteiger partial charge in [0.05, 0.1) is 11.5 Å². The maximum Gasteiger partial charge on any atom is 0.433 e. The van der Waals surface area contributed by atoms with Crippen LogP contribution in [0.5, 0.6) is 0 Å². The van der Waals surface area contributed by atoms with Crippen molar-refractivity contribution in [3.8, 4) is 0 Å². The number of anilines is 1. The highest BCUT2D eigenvalue weighted by Gasteiger charge is 2.19. The molecule has 0 radical (unpaired) electrons. The Morgan fingerprint density at radius 2 is 2.05 bits per heavy atom. The van der Waals surface area contributed by atoms with Gasteiger partial charge in [-0.15, -0.1) is 0 Å². The summed E-state index contributed by atoms with van der Waals surface area (Å²) in [6.45, 7) is 0. The molecule has 2 heterocycles. The SMILES string of the molecule is O=C(Nc1noc2ccccc12)c1ccc([N+](=O)[O-])o1. The van der Waals surface area contributed by atoms with Crippen LogP contribution in [0.4, 0.5) is 11.7 Å². The van der Waals surface area contributed by atoms with Crippen molar-refractivity contribution in [1.29, 1.82) is 0 Å². The fourth-order valence-corrected chi connectivity index (χ4v) is 1.69. The summed E-state index contributed by atoms with van der Waals surface area (Å²) in [6.07, 6.45) is 0. The summed E-state index contributed by atoms with van der Waals surface area (Å²) in [7, 11) is 0. The van der Waals surface area contributed by atoms with E-state index in [2.05, 4.69) is 10.5 Å². The number of nitrogens with one attached hydrogen (secondary N) is 1. The van der Waals surface area contributed by atoms with Crippen LogP contribution in [0.25, 0.3) is 11.0 Å². The van der Waals surface area contributed by atoms with E-state index in [1.807, 2.05) is 0 Å². The molecule has 1 N–H and O–H groups in total. The van der Waals surface area contributed by atoms with Gasteiger partial charge in [-0.1, -0.05) is 17.3 Å². The second-order valence-corrected chi connectivity index (χ2v) is 3.88.